The van der Waals surface area contributed by atoms with Crippen molar-refractivity contribution in [3.8, 4) is 39.6 Å². The molecule has 1 aliphatic heterocycles. The SMILES string of the molecule is COc1cc2c(cc1-c1c(C)noc1C)[nH]c1nc(C)nc(-c3ccc(C(=O)NCCN(C)C)c4c3OCCO4)c12. The summed E-state index contributed by atoms with van der Waals surface area (Å²) in [5.74, 6) is 2.66. The van der Waals surface area contributed by atoms with E-state index >= 15 is 0 Å². The molecule has 11 heteroatoms. The lowest BCUT2D eigenvalue weighted by molar-refractivity contribution is 0.0940. The number of carbonyl (C=O) groups excluding carboxylic acids is 1. The Morgan fingerprint density at radius 3 is 2.56 bits per heavy atom. The fourth-order valence-corrected chi connectivity index (χ4v) is 5.35. The maximum absolute atomic E-state index is 13.1. The van der Waals surface area contributed by atoms with Crippen LogP contribution in [-0.2, 0) is 0 Å². The highest BCUT2D eigenvalue weighted by molar-refractivity contribution is 6.14. The number of benzene rings is 2. The molecule has 0 unspecified atom stereocenters. The molecule has 0 fully saturated rings. The highest BCUT2D eigenvalue weighted by Gasteiger charge is 2.28. The van der Waals surface area contributed by atoms with Crippen molar-refractivity contribution in [1.29, 1.82) is 0 Å². The van der Waals surface area contributed by atoms with E-state index in [4.69, 9.17) is 28.7 Å². The molecule has 3 aromatic heterocycles. The Labute approximate surface area is 236 Å². The molecule has 0 radical (unpaired) electrons. The van der Waals surface area contributed by atoms with Gasteiger partial charge in [0, 0.05) is 35.1 Å². The normalized spacial score (nSPS) is 12.9. The third kappa shape index (κ3) is 4.61. The number of carbonyl (C=O) groups is 1. The zero-order valence-corrected chi connectivity index (χ0v) is 24.0. The molecule has 4 heterocycles. The summed E-state index contributed by atoms with van der Waals surface area (Å²) in [5, 5.41) is 8.79. The van der Waals surface area contributed by atoms with Crippen molar-refractivity contribution in [2.45, 2.75) is 20.8 Å². The van der Waals surface area contributed by atoms with E-state index < -0.39 is 0 Å². The lowest BCUT2D eigenvalue weighted by Gasteiger charge is -2.23. The van der Waals surface area contributed by atoms with Gasteiger partial charge in [-0.05, 0) is 59.1 Å². The van der Waals surface area contributed by atoms with Gasteiger partial charge >= 0.3 is 0 Å². The second-order valence-corrected chi connectivity index (χ2v) is 10.3. The molecule has 11 nitrogen and oxygen atoms in total. The van der Waals surface area contributed by atoms with Crippen molar-refractivity contribution in [3.05, 3.63) is 47.1 Å². The molecule has 0 aliphatic carbocycles. The number of aromatic nitrogens is 4. The van der Waals surface area contributed by atoms with Gasteiger partial charge in [-0.1, -0.05) is 5.16 Å². The van der Waals surface area contributed by atoms with Gasteiger partial charge in [0.15, 0.2) is 11.5 Å². The molecule has 0 saturated carbocycles. The van der Waals surface area contributed by atoms with Crippen molar-refractivity contribution in [2.75, 3.05) is 47.5 Å². The Balaban J connectivity index is 1.53. The van der Waals surface area contributed by atoms with E-state index in [0.29, 0.717) is 65.5 Å². The van der Waals surface area contributed by atoms with Gasteiger partial charge in [-0.25, -0.2) is 9.97 Å². The number of H-pyrrole nitrogens is 1. The predicted octanol–water partition coefficient (Wildman–Crippen LogP) is 4.43. The number of amides is 1. The second kappa shape index (κ2) is 10.4. The van der Waals surface area contributed by atoms with Gasteiger partial charge in [0.05, 0.1) is 35.0 Å². The number of methoxy groups -OCH3 is 1. The standard InChI is InChI=1S/C30H32N6O5/c1-15-24(16(2)41-35-15)21-13-22-20(14-23(21)38-6)25-26(32-17(3)33-29(25)34-22)18-7-8-19(28-27(18)39-11-12-40-28)30(37)31-9-10-36(4)5/h7-8,13-14H,9-12H2,1-6H3,(H,31,37)(H,32,33,34). The number of rotatable bonds is 7. The first-order valence-corrected chi connectivity index (χ1v) is 13.4. The molecule has 1 aliphatic rings. The van der Waals surface area contributed by atoms with Crippen LogP contribution in [0.3, 0.4) is 0 Å². The van der Waals surface area contributed by atoms with E-state index in [9.17, 15) is 4.79 Å². The fourth-order valence-electron chi connectivity index (χ4n) is 5.35. The van der Waals surface area contributed by atoms with Crippen LogP contribution in [0.25, 0.3) is 44.3 Å². The molecule has 212 valence electrons. The van der Waals surface area contributed by atoms with E-state index in [1.807, 2.05) is 58.0 Å². The number of ether oxygens (including phenoxy) is 3. The van der Waals surface area contributed by atoms with Crippen LogP contribution in [0.5, 0.6) is 17.2 Å². The van der Waals surface area contributed by atoms with Crippen LogP contribution in [0.1, 0.15) is 27.6 Å². The van der Waals surface area contributed by atoms with Crippen LogP contribution in [0, 0.1) is 20.8 Å². The minimum Gasteiger partial charge on any atom is -0.496 e. The van der Waals surface area contributed by atoms with Crippen molar-refractivity contribution >= 4 is 27.8 Å². The minimum atomic E-state index is -0.215. The molecular weight excluding hydrogens is 524 g/mol. The molecular formula is C30H32N6O5. The van der Waals surface area contributed by atoms with Crippen LogP contribution in [-0.4, -0.2) is 78.4 Å². The summed E-state index contributed by atoms with van der Waals surface area (Å²) in [6.07, 6.45) is 0. The van der Waals surface area contributed by atoms with Gasteiger partial charge < -0.3 is 33.9 Å². The number of aryl methyl sites for hydroxylation is 3. The number of nitrogens with one attached hydrogen (secondary N) is 2. The first-order valence-electron chi connectivity index (χ1n) is 13.4. The van der Waals surface area contributed by atoms with Crippen molar-refractivity contribution < 1.29 is 23.5 Å². The highest BCUT2D eigenvalue weighted by Crippen LogP contribution is 2.46. The van der Waals surface area contributed by atoms with Crippen LogP contribution < -0.4 is 19.5 Å². The number of aromatic amines is 1. The van der Waals surface area contributed by atoms with Gasteiger partial charge in [0.25, 0.3) is 5.91 Å². The molecule has 2 N–H and O–H groups in total. The van der Waals surface area contributed by atoms with Gasteiger partial charge in [0.2, 0.25) is 0 Å². The van der Waals surface area contributed by atoms with Crippen molar-refractivity contribution in [3.63, 3.8) is 0 Å². The van der Waals surface area contributed by atoms with Gasteiger partial charge in [-0.3, -0.25) is 4.79 Å². The van der Waals surface area contributed by atoms with E-state index in [0.717, 1.165) is 45.2 Å². The van der Waals surface area contributed by atoms with Gasteiger partial charge in [-0.2, -0.15) is 0 Å². The summed E-state index contributed by atoms with van der Waals surface area (Å²) in [6.45, 7) is 7.59. The third-order valence-electron chi connectivity index (χ3n) is 7.22. The summed E-state index contributed by atoms with van der Waals surface area (Å²) >= 11 is 0. The van der Waals surface area contributed by atoms with Crippen LogP contribution in [0.2, 0.25) is 0 Å². The molecule has 1 amide bonds. The van der Waals surface area contributed by atoms with E-state index in [1.54, 1.807) is 13.2 Å². The molecule has 2 aromatic carbocycles. The molecule has 0 spiro atoms. The van der Waals surface area contributed by atoms with Crippen molar-refractivity contribution in [2.24, 2.45) is 0 Å². The lowest BCUT2D eigenvalue weighted by atomic mass is 9.98. The molecule has 0 atom stereocenters. The largest absolute Gasteiger partial charge is 0.496 e. The lowest BCUT2D eigenvalue weighted by Crippen LogP contribution is -2.32. The predicted molar refractivity (Wildman–Crippen MR) is 155 cm³/mol. The Bertz CT molecular complexity index is 1790. The average Bonchev–Trinajstić information content (AvgIpc) is 3.48. The number of likely N-dealkylation sites (N-methyl/N-ethyl adjacent to an activating group) is 1. The van der Waals surface area contributed by atoms with Crippen LogP contribution in [0.4, 0.5) is 0 Å². The fraction of sp³-hybridized carbons (Fsp3) is 0.333. The molecule has 6 rings (SSSR count). The highest BCUT2D eigenvalue weighted by atomic mass is 16.6. The second-order valence-electron chi connectivity index (χ2n) is 10.3. The van der Waals surface area contributed by atoms with Gasteiger partial charge in [0.1, 0.15) is 36.2 Å². The quantitative estimate of drug-likeness (QED) is 0.299. The molecule has 5 aromatic rings. The number of nitrogens with zero attached hydrogens (tertiary/aromatic N) is 4. The van der Waals surface area contributed by atoms with Crippen LogP contribution >= 0.6 is 0 Å². The monoisotopic (exact) mass is 556 g/mol. The van der Waals surface area contributed by atoms with Crippen molar-refractivity contribution in [1.82, 2.24) is 30.3 Å². The average molecular weight is 557 g/mol. The Morgan fingerprint density at radius 2 is 1.85 bits per heavy atom. The number of hydrogen-bond donors (Lipinski definition) is 2. The summed E-state index contributed by atoms with van der Waals surface area (Å²) in [4.78, 5) is 28.1. The third-order valence-corrected chi connectivity index (χ3v) is 7.22. The van der Waals surface area contributed by atoms with E-state index in [-0.39, 0.29) is 5.91 Å². The number of fused-ring (bicyclic) bond motifs is 4. The maximum atomic E-state index is 13.1. The first kappa shape index (κ1) is 26.6. The van der Waals surface area contributed by atoms with Gasteiger partial charge in [-0.15, -0.1) is 0 Å². The maximum Gasteiger partial charge on any atom is 0.255 e. The van der Waals surface area contributed by atoms with Crippen LogP contribution in [0.15, 0.2) is 28.8 Å². The molecule has 41 heavy (non-hydrogen) atoms. The van der Waals surface area contributed by atoms with E-state index in [1.165, 1.54) is 0 Å². The number of hydrogen-bond acceptors (Lipinski definition) is 9. The summed E-state index contributed by atoms with van der Waals surface area (Å²) < 4.78 is 23.4. The zero-order valence-electron chi connectivity index (χ0n) is 24.0. The Kier molecular flexibility index (Phi) is 6.74. The topological polar surface area (TPSA) is 128 Å². The molecule has 0 bridgehead atoms. The Morgan fingerprint density at radius 1 is 1.07 bits per heavy atom. The summed E-state index contributed by atoms with van der Waals surface area (Å²) in [7, 11) is 5.56. The zero-order chi connectivity index (χ0) is 28.8. The summed E-state index contributed by atoms with van der Waals surface area (Å²) in [5.41, 5.74) is 5.89. The summed E-state index contributed by atoms with van der Waals surface area (Å²) in [6, 6.07) is 7.64. The first-order chi connectivity index (χ1) is 19.8. The minimum absolute atomic E-state index is 0.215. The smallest absolute Gasteiger partial charge is 0.255 e. The Hall–Kier alpha value is -4.64. The van der Waals surface area contributed by atoms with E-state index in [2.05, 4.69) is 15.5 Å². The molecule has 0 saturated heterocycles.